The van der Waals surface area contributed by atoms with Crippen LogP contribution in [0.4, 0.5) is 0 Å². The summed E-state index contributed by atoms with van der Waals surface area (Å²) in [6, 6.07) is 0. The Bertz CT molecular complexity index is 331. The molecule has 0 aromatic rings. The van der Waals surface area contributed by atoms with E-state index in [2.05, 4.69) is 6.58 Å². The van der Waals surface area contributed by atoms with Crippen molar-refractivity contribution < 1.29 is 77.0 Å². The van der Waals surface area contributed by atoms with Crippen LogP contribution in [0.25, 0.3) is 0 Å². The molecule has 12 N–H and O–H groups in total. The molecule has 0 fully saturated rings. The summed E-state index contributed by atoms with van der Waals surface area (Å²) in [7, 11) is -18.6. The first-order valence-corrected chi connectivity index (χ1v) is 10.4. The maximum atomic E-state index is 8.88. The van der Waals surface area contributed by atoms with Gasteiger partial charge in [-0.1, -0.05) is 6.08 Å². The molecular formula is C3H18O16P4. The van der Waals surface area contributed by atoms with Crippen LogP contribution in [0, 0.1) is 0 Å². The molecule has 0 saturated carbocycles. The van der Waals surface area contributed by atoms with E-state index in [9.17, 15) is 0 Å². The molecule has 0 amide bonds. The lowest BCUT2D eigenvalue weighted by Gasteiger charge is -1.82. The summed E-state index contributed by atoms with van der Waals surface area (Å²) in [5, 5.41) is 0. The van der Waals surface area contributed by atoms with Crippen LogP contribution >= 0.6 is 31.3 Å². The zero-order valence-electron chi connectivity index (χ0n) is 11.1. The molecule has 23 heavy (non-hydrogen) atoms. The Labute approximate surface area is 129 Å². The first-order valence-electron chi connectivity index (χ1n) is 4.12. The van der Waals surface area contributed by atoms with Crippen molar-refractivity contribution in [2.45, 2.75) is 6.92 Å². The second kappa shape index (κ2) is 15.7. The topological polar surface area (TPSA) is 311 Å². The molecule has 0 aromatic heterocycles. The van der Waals surface area contributed by atoms with Gasteiger partial charge in [-0.05, 0) is 6.92 Å². The Kier molecular flexibility index (Phi) is 23.5. The van der Waals surface area contributed by atoms with Crippen LogP contribution in [-0.4, -0.2) is 58.7 Å². The molecule has 0 bridgehead atoms. The van der Waals surface area contributed by atoms with Crippen molar-refractivity contribution in [2.75, 3.05) is 0 Å². The minimum Gasteiger partial charge on any atom is -0.303 e. The molecule has 0 spiro atoms. The molecule has 20 heteroatoms. The highest BCUT2D eigenvalue weighted by Crippen LogP contribution is 2.27. The van der Waals surface area contributed by atoms with E-state index in [0.717, 1.165) is 0 Å². The molecule has 0 rings (SSSR count). The Hall–Kier alpha value is 0.180. The lowest BCUT2D eigenvalue weighted by Crippen LogP contribution is -1.66. The maximum absolute atomic E-state index is 8.88. The summed E-state index contributed by atoms with van der Waals surface area (Å²) < 4.78 is 35.5. The fraction of sp³-hybridized carbons (Fsp3) is 0.333. The van der Waals surface area contributed by atoms with Gasteiger partial charge in [0.1, 0.15) is 0 Å². The zero-order valence-corrected chi connectivity index (χ0v) is 14.7. The third-order valence-corrected chi connectivity index (χ3v) is 0. The number of hydrogen-bond acceptors (Lipinski definition) is 4. The van der Waals surface area contributed by atoms with Crippen LogP contribution < -0.4 is 0 Å². The zero-order chi connectivity index (χ0) is 20.7. The van der Waals surface area contributed by atoms with Gasteiger partial charge >= 0.3 is 31.3 Å². The highest BCUT2D eigenvalue weighted by atomic mass is 31.2. The fourth-order valence-electron chi connectivity index (χ4n) is 0. The van der Waals surface area contributed by atoms with Crippen molar-refractivity contribution in [2.24, 2.45) is 0 Å². The summed E-state index contributed by atoms with van der Waals surface area (Å²) in [5.41, 5.74) is 0. The quantitative estimate of drug-likeness (QED) is 0.138. The fourth-order valence-corrected chi connectivity index (χ4v) is 0. The first-order chi connectivity index (χ1) is 9.41. The third kappa shape index (κ3) is 279000. The van der Waals surface area contributed by atoms with E-state index in [1.54, 1.807) is 6.08 Å². The lowest BCUT2D eigenvalue weighted by molar-refractivity contribution is 0.272. The summed E-state index contributed by atoms with van der Waals surface area (Å²) in [5.74, 6) is 0. The predicted molar refractivity (Wildman–Crippen MR) is 72.9 cm³/mol. The van der Waals surface area contributed by atoms with Gasteiger partial charge in [0.05, 0.1) is 0 Å². The maximum Gasteiger partial charge on any atom is 0.466 e. The summed E-state index contributed by atoms with van der Waals surface area (Å²) in [6.45, 7) is 5.25. The molecule has 0 aromatic carbocycles. The van der Waals surface area contributed by atoms with Crippen LogP contribution in [0.5, 0.6) is 0 Å². The monoisotopic (exact) mass is 434 g/mol. The van der Waals surface area contributed by atoms with E-state index in [1.807, 2.05) is 6.92 Å². The molecule has 146 valence electrons. The standard InChI is InChI=1S/C3H6.4H3O4P/c1-3-2;4*1-5(2,3)4/h3H,1H2,2H3;4*(H3,1,2,3,4). The Balaban J connectivity index is -0.0000000593. The van der Waals surface area contributed by atoms with Crippen molar-refractivity contribution in [1.29, 1.82) is 0 Å². The molecular weight excluding hydrogens is 416 g/mol. The van der Waals surface area contributed by atoms with Gasteiger partial charge in [0.2, 0.25) is 0 Å². The molecule has 16 nitrogen and oxygen atoms in total. The first kappa shape index (κ1) is 34.5. The van der Waals surface area contributed by atoms with Crippen molar-refractivity contribution >= 4 is 31.3 Å². The van der Waals surface area contributed by atoms with E-state index in [0.29, 0.717) is 0 Å². The highest BCUT2D eigenvalue weighted by molar-refractivity contribution is 7.45. The molecule has 0 radical (unpaired) electrons. The van der Waals surface area contributed by atoms with Gasteiger partial charge in [-0.15, -0.1) is 6.58 Å². The van der Waals surface area contributed by atoms with Gasteiger partial charge in [0, 0.05) is 0 Å². The van der Waals surface area contributed by atoms with Crippen LogP contribution in [-0.2, 0) is 18.3 Å². The van der Waals surface area contributed by atoms with Crippen LogP contribution in [0.1, 0.15) is 6.92 Å². The van der Waals surface area contributed by atoms with Crippen LogP contribution in [0.3, 0.4) is 0 Å². The molecule has 0 aliphatic rings. The van der Waals surface area contributed by atoms with E-state index < -0.39 is 31.3 Å². The smallest absolute Gasteiger partial charge is 0.303 e. The predicted octanol–water partition coefficient (Wildman–Crippen LogP) is -2.52. The number of hydrogen-bond donors (Lipinski definition) is 12. The molecule has 0 heterocycles. The van der Waals surface area contributed by atoms with Crippen molar-refractivity contribution in [3.8, 4) is 0 Å². The van der Waals surface area contributed by atoms with Crippen LogP contribution in [0.15, 0.2) is 12.7 Å². The number of phosphoric acid groups is 4. The number of allylic oxidation sites excluding steroid dienone is 1. The minimum absolute atomic E-state index is 1.75. The van der Waals surface area contributed by atoms with E-state index >= 15 is 0 Å². The van der Waals surface area contributed by atoms with Crippen molar-refractivity contribution in [1.82, 2.24) is 0 Å². The van der Waals surface area contributed by atoms with Gasteiger partial charge < -0.3 is 58.7 Å². The van der Waals surface area contributed by atoms with Gasteiger partial charge in [-0.2, -0.15) is 0 Å². The second-order valence-corrected chi connectivity index (χ2v) is 6.57. The normalized spacial score (nSPS) is 10.8. The summed E-state index contributed by atoms with van der Waals surface area (Å²) in [6.07, 6.45) is 1.75. The van der Waals surface area contributed by atoms with Gasteiger partial charge in [0.25, 0.3) is 0 Å². The Morgan fingerprint density at radius 3 is 0.522 bits per heavy atom. The minimum atomic E-state index is -4.64. The van der Waals surface area contributed by atoms with Crippen LogP contribution in [0.2, 0.25) is 0 Å². The molecule has 0 unspecified atom stereocenters. The highest BCUT2D eigenvalue weighted by Gasteiger charge is 2.01. The number of rotatable bonds is 0. The van der Waals surface area contributed by atoms with E-state index in [4.69, 9.17) is 77.0 Å². The third-order valence-electron chi connectivity index (χ3n) is 0. The summed E-state index contributed by atoms with van der Waals surface area (Å²) in [4.78, 5) is 86.2. The lowest BCUT2D eigenvalue weighted by atomic mass is 10.8. The van der Waals surface area contributed by atoms with Crippen molar-refractivity contribution in [3.05, 3.63) is 12.7 Å². The van der Waals surface area contributed by atoms with Crippen molar-refractivity contribution in [3.63, 3.8) is 0 Å². The Morgan fingerprint density at radius 2 is 0.522 bits per heavy atom. The van der Waals surface area contributed by atoms with E-state index in [1.165, 1.54) is 0 Å². The molecule has 0 aliphatic heterocycles. The average molecular weight is 434 g/mol. The molecule has 0 saturated heterocycles. The SMILES string of the molecule is C=CC.O=P(O)(O)O.O=P(O)(O)O.O=P(O)(O)O.O=P(O)(O)O. The largest absolute Gasteiger partial charge is 0.466 e. The molecule has 0 atom stereocenters. The Morgan fingerprint density at radius 1 is 0.522 bits per heavy atom. The average Bonchev–Trinajstić information content (AvgIpc) is 1.87. The summed E-state index contributed by atoms with van der Waals surface area (Å²) >= 11 is 0. The van der Waals surface area contributed by atoms with Gasteiger partial charge in [-0.25, -0.2) is 18.3 Å². The second-order valence-electron chi connectivity index (χ2n) is 2.46. The van der Waals surface area contributed by atoms with Gasteiger partial charge in [-0.3, -0.25) is 0 Å². The molecule has 0 aliphatic carbocycles. The van der Waals surface area contributed by atoms with Gasteiger partial charge in [0.15, 0.2) is 0 Å². The van der Waals surface area contributed by atoms with E-state index in [-0.39, 0.29) is 0 Å².